The molecule has 0 saturated carbocycles. The highest BCUT2D eigenvalue weighted by molar-refractivity contribution is 6.30. The minimum Gasteiger partial charge on any atom is -0.397 e. The number of pyridine rings is 1. The Morgan fingerprint density at radius 3 is 2.70 bits per heavy atom. The molecule has 2 heterocycles. The second-order valence-electron chi connectivity index (χ2n) is 5.80. The molecule has 116 valence electrons. The van der Waals surface area contributed by atoms with Crippen molar-refractivity contribution in [2.45, 2.75) is 26.2 Å². The zero-order chi connectivity index (χ0) is 16.1. The third-order valence-electron chi connectivity index (χ3n) is 4.27. The van der Waals surface area contributed by atoms with E-state index in [4.69, 9.17) is 22.3 Å². The number of nitrogen functional groups attached to an aromatic ring is 1. The number of anilines is 1. The standard InChI is InChI=1S/C17H15ClN4O/c1-9-14-16(19)15-12(3-2-4-13(15)23)20-17(14)22(21-9)11-7-5-10(18)6-8-11/h5-8H,2-4H2,1H3,(H2,19,20). The summed E-state index contributed by atoms with van der Waals surface area (Å²) < 4.78 is 1.76. The topological polar surface area (TPSA) is 73.8 Å². The lowest BCUT2D eigenvalue weighted by atomic mass is 9.92. The molecule has 23 heavy (non-hydrogen) atoms. The number of aryl methyl sites for hydroxylation is 2. The number of ketones is 1. The molecular formula is C17H15ClN4O. The maximum absolute atomic E-state index is 12.2. The van der Waals surface area contributed by atoms with Gasteiger partial charge in [-0.05, 0) is 44.0 Å². The molecule has 1 aliphatic carbocycles. The third-order valence-corrected chi connectivity index (χ3v) is 4.52. The van der Waals surface area contributed by atoms with Crippen LogP contribution in [-0.2, 0) is 6.42 Å². The molecule has 0 saturated heterocycles. The highest BCUT2D eigenvalue weighted by Crippen LogP contribution is 2.33. The van der Waals surface area contributed by atoms with Crippen molar-refractivity contribution >= 4 is 34.1 Å². The summed E-state index contributed by atoms with van der Waals surface area (Å²) >= 11 is 5.96. The van der Waals surface area contributed by atoms with Crippen LogP contribution >= 0.6 is 11.6 Å². The zero-order valence-electron chi connectivity index (χ0n) is 12.6. The highest BCUT2D eigenvalue weighted by atomic mass is 35.5. The second-order valence-corrected chi connectivity index (χ2v) is 6.23. The number of aromatic nitrogens is 3. The highest BCUT2D eigenvalue weighted by Gasteiger charge is 2.26. The average Bonchev–Trinajstić information content (AvgIpc) is 2.85. The van der Waals surface area contributed by atoms with Crippen molar-refractivity contribution in [1.82, 2.24) is 14.8 Å². The smallest absolute Gasteiger partial charge is 0.166 e. The van der Waals surface area contributed by atoms with Crippen LogP contribution in [0.3, 0.4) is 0 Å². The Bertz CT molecular complexity index is 944. The Kier molecular flexibility index (Phi) is 3.13. The molecule has 1 aliphatic rings. The van der Waals surface area contributed by atoms with Gasteiger partial charge >= 0.3 is 0 Å². The summed E-state index contributed by atoms with van der Waals surface area (Å²) in [6.07, 6.45) is 2.12. The largest absolute Gasteiger partial charge is 0.397 e. The Morgan fingerprint density at radius 1 is 1.22 bits per heavy atom. The molecule has 0 unspecified atom stereocenters. The maximum atomic E-state index is 12.2. The van der Waals surface area contributed by atoms with Crippen molar-refractivity contribution in [3.05, 3.63) is 46.2 Å². The quantitative estimate of drug-likeness (QED) is 0.743. The predicted octanol–water partition coefficient (Wildman–Crippen LogP) is 3.48. The van der Waals surface area contributed by atoms with Crippen LogP contribution in [0.15, 0.2) is 24.3 Å². The van der Waals surface area contributed by atoms with E-state index in [1.165, 1.54) is 0 Å². The van der Waals surface area contributed by atoms with E-state index in [2.05, 4.69) is 5.10 Å². The van der Waals surface area contributed by atoms with Gasteiger partial charge in [-0.2, -0.15) is 5.10 Å². The van der Waals surface area contributed by atoms with Gasteiger partial charge in [-0.25, -0.2) is 9.67 Å². The first-order valence-corrected chi connectivity index (χ1v) is 7.91. The molecular weight excluding hydrogens is 312 g/mol. The van der Waals surface area contributed by atoms with Gasteiger partial charge in [0.05, 0.1) is 33.7 Å². The summed E-state index contributed by atoms with van der Waals surface area (Å²) in [4.78, 5) is 16.9. The number of nitrogens with zero attached hydrogens (tertiary/aromatic N) is 3. The summed E-state index contributed by atoms with van der Waals surface area (Å²) in [7, 11) is 0. The number of carbonyl (C=O) groups excluding carboxylic acids is 1. The number of halogens is 1. The van der Waals surface area contributed by atoms with Crippen LogP contribution in [0.25, 0.3) is 16.7 Å². The SMILES string of the molecule is Cc1nn(-c2ccc(Cl)cc2)c2nc3c(c(N)c12)C(=O)CCC3. The molecule has 6 heteroatoms. The zero-order valence-corrected chi connectivity index (χ0v) is 13.4. The third kappa shape index (κ3) is 2.11. The van der Waals surface area contributed by atoms with Gasteiger partial charge in [0, 0.05) is 11.4 Å². The van der Waals surface area contributed by atoms with E-state index >= 15 is 0 Å². The first-order valence-electron chi connectivity index (χ1n) is 7.53. The Hall–Kier alpha value is -2.40. The van der Waals surface area contributed by atoms with E-state index in [9.17, 15) is 4.79 Å². The van der Waals surface area contributed by atoms with Crippen LogP contribution in [0.1, 0.15) is 34.6 Å². The van der Waals surface area contributed by atoms with Crippen LogP contribution < -0.4 is 5.73 Å². The summed E-state index contributed by atoms with van der Waals surface area (Å²) in [5.74, 6) is 0.0804. The van der Waals surface area contributed by atoms with Gasteiger partial charge in [0.15, 0.2) is 11.4 Å². The van der Waals surface area contributed by atoms with E-state index < -0.39 is 0 Å². The van der Waals surface area contributed by atoms with Gasteiger partial charge in [0.25, 0.3) is 0 Å². The summed E-state index contributed by atoms with van der Waals surface area (Å²) in [6, 6.07) is 7.39. The number of benzene rings is 1. The summed E-state index contributed by atoms with van der Waals surface area (Å²) in [5.41, 5.74) is 10.5. The molecule has 2 aromatic heterocycles. The molecule has 0 radical (unpaired) electrons. The molecule has 0 atom stereocenters. The molecule has 4 rings (SSSR count). The van der Waals surface area contributed by atoms with Crippen molar-refractivity contribution in [3.8, 4) is 5.69 Å². The Balaban J connectivity index is 2.03. The van der Waals surface area contributed by atoms with Crippen molar-refractivity contribution in [1.29, 1.82) is 0 Å². The van der Waals surface area contributed by atoms with Crippen LogP contribution in [0.5, 0.6) is 0 Å². The summed E-state index contributed by atoms with van der Waals surface area (Å²) in [5, 5.41) is 5.99. The van der Waals surface area contributed by atoms with Gasteiger partial charge in [-0.3, -0.25) is 4.79 Å². The van der Waals surface area contributed by atoms with E-state index in [1.807, 2.05) is 31.2 Å². The van der Waals surface area contributed by atoms with Crippen LogP contribution in [0.4, 0.5) is 5.69 Å². The van der Waals surface area contributed by atoms with E-state index in [0.717, 1.165) is 35.3 Å². The molecule has 2 N–H and O–H groups in total. The molecule has 0 aliphatic heterocycles. The Labute approximate surface area is 138 Å². The van der Waals surface area contributed by atoms with Crippen molar-refractivity contribution in [3.63, 3.8) is 0 Å². The summed E-state index contributed by atoms with van der Waals surface area (Å²) in [6.45, 7) is 1.88. The fourth-order valence-corrected chi connectivity index (χ4v) is 3.32. The molecule has 1 aromatic carbocycles. The monoisotopic (exact) mass is 326 g/mol. The van der Waals surface area contributed by atoms with Crippen LogP contribution in [0, 0.1) is 6.92 Å². The van der Waals surface area contributed by atoms with Gasteiger partial charge in [0.2, 0.25) is 0 Å². The predicted molar refractivity (Wildman–Crippen MR) is 90.3 cm³/mol. The average molecular weight is 327 g/mol. The number of carbonyl (C=O) groups is 1. The van der Waals surface area contributed by atoms with Gasteiger partial charge in [-0.15, -0.1) is 0 Å². The number of rotatable bonds is 1. The first-order chi connectivity index (χ1) is 11.1. The Morgan fingerprint density at radius 2 is 1.96 bits per heavy atom. The van der Waals surface area contributed by atoms with Crippen LogP contribution in [0.2, 0.25) is 5.02 Å². The maximum Gasteiger partial charge on any atom is 0.166 e. The molecule has 3 aromatic rings. The lowest BCUT2D eigenvalue weighted by Crippen LogP contribution is -2.16. The lowest BCUT2D eigenvalue weighted by Gasteiger charge is -2.16. The molecule has 0 fully saturated rings. The van der Waals surface area contributed by atoms with Gasteiger partial charge in [0.1, 0.15) is 0 Å². The molecule has 0 bridgehead atoms. The number of fused-ring (bicyclic) bond motifs is 2. The minimum absolute atomic E-state index is 0.0804. The number of hydrogen-bond donors (Lipinski definition) is 1. The van der Waals surface area contributed by atoms with Gasteiger partial charge in [-0.1, -0.05) is 11.6 Å². The van der Waals surface area contributed by atoms with Crippen molar-refractivity contribution in [2.24, 2.45) is 0 Å². The van der Waals surface area contributed by atoms with Crippen molar-refractivity contribution < 1.29 is 4.79 Å². The number of nitrogens with two attached hydrogens (primary N) is 1. The minimum atomic E-state index is 0.0804. The van der Waals surface area contributed by atoms with E-state index in [0.29, 0.717) is 28.3 Å². The number of Topliss-reactive ketones (excluding diaryl/α,β-unsaturated/α-hetero) is 1. The molecule has 0 spiro atoms. The first kappa shape index (κ1) is 14.2. The van der Waals surface area contributed by atoms with Crippen molar-refractivity contribution in [2.75, 3.05) is 5.73 Å². The molecule has 0 amide bonds. The normalized spacial score (nSPS) is 14.3. The number of hydrogen-bond acceptors (Lipinski definition) is 4. The fraction of sp³-hybridized carbons (Fsp3) is 0.235. The molecule has 5 nitrogen and oxygen atoms in total. The van der Waals surface area contributed by atoms with Crippen LogP contribution in [-0.4, -0.2) is 20.5 Å². The van der Waals surface area contributed by atoms with E-state index in [-0.39, 0.29) is 5.78 Å². The van der Waals surface area contributed by atoms with E-state index in [1.54, 1.807) is 4.68 Å². The second kappa shape index (κ2) is 5.06. The fourth-order valence-electron chi connectivity index (χ4n) is 3.19. The van der Waals surface area contributed by atoms with Gasteiger partial charge < -0.3 is 5.73 Å². The lowest BCUT2D eigenvalue weighted by molar-refractivity contribution is 0.0972.